The molecule has 6 heteroatoms. The molecule has 0 aliphatic carbocycles. The van der Waals surface area contributed by atoms with E-state index < -0.39 is 18.5 Å². The average Bonchev–Trinajstić information content (AvgIpc) is 2.51. The quantitative estimate of drug-likeness (QED) is 0.752. The summed E-state index contributed by atoms with van der Waals surface area (Å²) >= 11 is 0. The van der Waals surface area contributed by atoms with Crippen LogP contribution in [0.5, 0.6) is 0 Å². The van der Waals surface area contributed by atoms with Gasteiger partial charge in [-0.05, 0) is 17.5 Å². The second-order valence-electron chi connectivity index (χ2n) is 6.10. The topological polar surface area (TPSA) is 17.8 Å². The molecule has 0 fully saturated rings. The number of aromatic nitrogens is 2. The van der Waals surface area contributed by atoms with Crippen molar-refractivity contribution < 1.29 is 17.6 Å². The number of nitrogens with zero attached hydrogens (tertiary/aromatic N) is 2. The number of halogens is 4. The van der Waals surface area contributed by atoms with Gasteiger partial charge in [-0.3, -0.25) is 0 Å². The van der Waals surface area contributed by atoms with Crippen LogP contribution in [0.1, 0.15) is 26.6 Å². The molecule has 0 unspecified atom stereocenters. The van der Waals surface area contributed by atoms with Gasteiger partial charge in [-0.1, -0.05) is 20.8 Å². The molecular formula is C14H16F4N2. The fraction of sp³-hybridized carbons (Fsp3) is 0.500. The lowest BCUT2D eigenvalue weighted by Crippen LogP contribution is -2.22. The first kappa shape index (κ1) is 14.8. The highest BCUT2D eigenvalue weighted by Crippen LogP contribution is 2.27. The molecule has 0 radical (unpaired) electrons. The molecule has 1 aromatic heterocycles. The van der Waals surface area contributed by atoms with Gasteiger partial charge in [0.25, 0.3) is 0 Å². The highest BCUT2D eigenvalue weighted by molar-refractivity contribution is 5.76. The van der Waals surface area contributed by atoms with Crippen LogP contribution in [0.25, 0.3) is 11.0 Å². The molecule has 2 aromatic rings. The smallest absolute Gasteiger partial charge is 0.319 e. The van der Waals surface area contributed by atoms with Crippen LogP contribution in [0.15, 0.2) is 18.2 Å². The molecule has 110 valence electrons. The molecule has 0 bridgehead atoms. The van der Waals surface area contributed by atoms with Crippen molar-refractivity contribution in [2.75, 3.05) is 0 Å². The Labute approximate surface area is 114 Å². The molecule has 0 aliphatic rings. The predicted octanol–water partition coefficient (Wildman–Crippen LogP) is 4.33. The summed E-state index contributed by atoms with van der Waals surface area (Å²) in [6.45, 7) is 4.65. The van der Waals surface area contributed by atoms with E-state index in [9.17, 15) is 17.6 Å². The number of alkyl halides is 3. The first-order chi connectivity index (χ1) is 9.05. The van der Waals surface area contributed by atoms with Gasteiger partial charge in [-0.2, -0.15) is 13.2 Å². The van der Waals surface area contributed by atoms with Crippen molar-refractivity contribution in [1.29, 1.82) is 0 Å². The molecule has 2 rings (SSSR count). The van der Waals surface area contributed by atoms with Crippen LogP contribution >= 0.6 is 0 Å². The second kappa shape index (κ2) is 4.75. The lowest BCUT2D eigenvalue weighted by atomic mass is 9.92. The molecule has 1 aromatic carbocycles. The fourth-order valence-corrected chi connectivity index (χ4v) is 2.12. The highest BCUT2D eigenvalue weighted by atomic mass is 19.4. The van der Waals surface area contributed by atoms with Crippen LogP contribution in [-0.2, 0) is 13.0 Å². The third kappa shape index (κ3) is 3.49. The van der Waals surface area contributed by atoms with E-state index in [2.05, 4.69) is 4.98 Å². The maximum atomic E-state index is 13.2. The molecule has 0 amide bonds. The number of fused-ring (bicyclic) bond motifs is 1. The van der Waals surface area contributed by atoms with E-state index in [4.69, 9.17) is 0 Å². The van der Waals surface area contributed by atoms with Crippen LogP contribution in [0.4, 0.5) is 17.6 Å². The average molecular weight is 288 g/mol. The maximum Gasteiger partial charge on any atom is 0.406 e. The highest BCUT2D eigenvalue weighted by Gasteiger charge is 2.31. The Morgan fingerprint density at radius 3 is 2.35 bits per heavy atom. The minimum Gasteiger partial charge on any atom is -0.319 e. The van der Waals surface area contributed by atoms with Crippen molar-refractivity contribution in [3.8, 4) is 0 Å². The number of benzene rings is 1. The molecule has 20 heavy (non-hydrogen) atoms. The predicted molar refractivity (Wildman–Crippen MR) is 68.9 cm³/mol. The van der Waals surface area contributed by atoms with E-state index in [1.807, 2.05) is 20.8 Å². The summed E-state index contributed by atoms with van der Waals surface area (Å²) in [7, 11) is 0. The molecule has 1 heterocycles. The molecule has 0 saturated carbocycles. The first-order valence-electron chi connectivity index (χ1n) is 6.27. The molecule has 0 aliphatic heterocycles. The molecule has 0 N–H and O–H groups in total. The number of imidazole rings is 1. The number of hydrogen-bond donors (Lipinski definition) is 0. The normalized spacial score (nSPS) is 13.2. The summed E-state index contributed by atoms with van der Waals surface area (Å²) < 4.78 is 52.5. The third-order valence-electron chi connectivity index (χ3n) is 2.82. The van der Waals surface area contributed by atoms with Crippen LogP contribution in [0.2, 0.25) is 0 Å². The van der Waals surface area contributed by atoms with E-state index in [0.29, 0.717) is 17.8 Å². The standard InChI is InChI=1S/C14H16F4N2/c1-13(2,3)7-12-19-10-6-9(15)4-5-11(10)20(12)8-14(16,17)18/h4-6H,7-8H2,1-3H3. The minimum atomic E-state index is -4.34. The van der Waals surface area contributed by atoms with Crippen LogP contribution in [-0.4, -0.2) is 15.7 Å². The maximum absolute atomic E-state index is 13.2. The molecule has 0 atom stereocenters. The second-order valence-corrected chi connectivity index (χ2v) is 6.10. The number of rotatable bonds is 2. The Hall–Kier alpha value is -1.59. The number of hydrogen-bond acceptors (Lipinski definition) is 1. The van der Waals surface area contributed by atoms with Crippen molar-refractivity contribution in [1.82, 2.24) is 9.55 Å². The molecule has 0 spiro atoms. The fourth-order valence-electron chi connectivity index (χ4n) is 2.12. The zero-order chi connectivity index (χ0) is 15.1. The van der Waals surface area contributed by atoms with Crippen molar-refractivity contribution in [3.05, 3.63) is 29.8 Å². The van der Waals surface area contributed by atoms with Gasteiger partial charge in [0, 0.05) is 12.5 Å². The van der Waals surface area contributed by atoms with Gasteiger partial charge in [-0.25, -0.2) is 9.37 Å². The monoisotopic (exact) mass is 288 g/mol. The minimum absolute atomic E-state index is 0.205. The summed E-state index contributed by atoms with van der Waals surface area (Å²) in [4.78, 5) is 4.17. The van der Waals surface area contributed by atoms with Crippen LogP contribution in [0, 0.1) is 11.2 Å². The molecule has 0 saturated heterocycles. The third-order valence-corrected chi connectivity index (χ3v) is 2.82. The van der Waals surface area contributed by atoms with E-state index in [1.165, 1.54) is 6.07 Å². The Bertz CT molecular complexity index is 620. The summed E-state index contributed by atoms with van der Waals surface area (Å²) in [6, 6.07) is 3.65. The zero-order valence-corrected chi connectivity index (χ0v) is 11.6. The zero-order valence-electron chi connectivity index (χ0n) is 11.6. The Kier molecular flexibility index (Phi) is 3.52. The first-order valence-corrected chi connectivity index (χ1v) is 6.27. The molecular weight excluding hydrogens is 272 g/mol. The summed E-state index contributed by atoms with van der Waals surface area (Å²) in [5.74, 6) is -0.174. The van der Waals surface area contributed by atoms with Crippen LogP contribution in [0.3, 0.4) is 0 Å². The van der Waals surface area contributed by atoms with Gasteiger partial charge in [0.1, 0.15) is 18.2 Å². The summed E-state index contributed by atoms with van der Waals surface area (Å²) in [5, 5.41) is 0. The SMILES string of the molecule is CC(C)(C)Cc1nc2cc(F)ccc2n1CC(F)(F)F. The van der Waals surface area contributed by atoms with E-state index in [1.54, 1.807) is 0 Å². The largest absolute Gasteiger partial charge is 0.406 e. The van der Waals surface area contributed by atoms with Crippen molar-refractivity contribution >= 4 is 11.0 Å². The van der Waals surface area contributed by atoms with Gasteiger partial charge in [0.05, 0.1) is 11.0 Å². The summed E-state index contributed by atoms with van der Waals surface area (Å²) in [6.07, 6.45) is -3.95. The van der Waals surface area contributed by atoms with Gasteiger partial charge < -0.3 is 4.57 Å². The Morgan fingerprint density at radius 2 is 1.80 bits per heavy atom. The lowest BCUT2D eigenvalue weighted by Gasteiger charge is -2.19. The summed E-state index contributed by atoms with van der Waals surface area (Å²) in [5.41, 5.74) is 0.361. The Balaban J connectivity index is 2.56. The van der Waals surface area contributed by atoms with E-state index in [0.717, 1.165) is 16.7 Å². The molecule has 2 nitrogen and oxygen atoms in total. The van der Waals surface area contributed by atoms with Gasteiger partial charge in [0.2, 0.25) is 0 Å². The van der Waals surface area contributed by atoms with E-state index >= 15 is 0 Å². The van der Waals surface area contributed by atoms with Gasteiger partial charge in [-0.15, -0.1) is 0 Å². The van der Waals surface area contributed by atoms with E-state index in [-0.39, 0.29) is 10.9 Å². The van der Waals surface area contributed by atoms with Gasteiger partial charge in [0.15, 0.2) is 0 Å². The van der Waals surface area contributed by atoms with Crippen molar-refractivity contribution in [3.63, 3.8) is 0 Å². The van der Waals surface area contributed by atoms with Gasteiger partial charge >= 0.3 is 6.18 Å². The van der Waals surface area contributed by atoms with Crippen molar-refractivity contribution in [2.24, 2.45) is 5.41 Å². The van der Waals surface area contributed by atoms with Crippen LogP contribution < -0.4 is 0 Å². The van der Waals surface area contributed by atoms with Crippen molar-refractivity contribution in [2.45, 2.75) is 39.9 Å². The lowest BCUT2D eigenvalue weighted by molar-refractivity contribution is -0.140. The Morgan fingerprint density at radius 1 is 1.15 bits per heavy atom.